The zero-order valence-electron chi connectivity index (χ0n) is 14.6. The van der Waals surface area contributed by atoms with E-state index < -0.39 is 5.97 Å². The summed E-state index contributed by atoms with van der Waals surface area (Å²) < 4.78 is 0. The van der Waals surface area contributed by atoms with E-state index in [1.807, 2.05) is 12.1 Å². The predicted molar refractivity (Wildman–Crippen MR) is 97.0 cm³/mol. The standard InChI is InChI=1S/C20H26N2O2/c1-15(2)22(3)14-18-6-4-5-17(11-18)13-21-12-16-7-9-19(10-8-16)20(23)24/h4-11,15,21H,12-14H2,1-3H3,(H,23,24). The van der Waals surface area contributed by atoms with E-state index in [0.717, 1.165) is 25.2 Å². The number of rotatable bonds is 8. The molecule has 0 amide bonds. The van der Waals surface area contributed by atoms with E-state index in [4.69, 9.17) is 5.11 Å². The Bertz CT molecular complexity index is 666. The number of hydrogen-bond acceptors (Lipinski definition) is 3. The van der Waals surface area contributed by atoms with Crippen molar-refractivity contribution in [1.29, 1.82) is 0 Å². The summed E-state index contributed by atoms with van der Waals surface area (Å²) in [4.78, 5) is 13.2. The molecule has 0 aliphatic rings. The van der Waals surface area contributed by atoms with Crippen LogP contribution in [0.5, 0.6) is 0 Å². The van der Waals surface area contributed by atoms with Crippen LogP contribution < -0.4 is 5.32 Å². The molecule has 2 N–H and O–H groups in total. The number of carboxylic acid groups (broad SMARTS) is 1. The molecule has 0 heterocycles. The molecule has 0 unspecified atom stereocenters. The first-order valence-corrected chi connectivity index (χ1v) is 8.26. The minimum Gasteiger partial charge on any atom is -0.478 e. The lowest BCUT2D eigenvalue weighted by atomic mass is 10.1. The molecular weight excluding hydrogens is 300 g/mol. The maximum atomic E-state index is 10.8. The Balaban J connectivity index is 1.87. The summed E-state index contributed by atoms with van der Waals surface area (Å²) in [7, 11) is 2.14. The van der Waals surface area contributed by atoms with Gasteiger partial charge in [-0.3, -0.25) is 4.90 Å². The summed E-state index contributed by atoms with van der Waals surface area (Å²) in [6, 6.07) is 16.1. The number of nitrogens with zero attached hydrogens (tertiary/aromatic N) is 1. The summed E-state index contributed by atoms with van der Waals surface area (Å²) >= 11 is 0. The van der Waals surface area contributed by atoms with Gasteiger partial charge in [-0.15, -0.1) is 0 Å². The Labute approximate surface area is 144 Å². The number of carboxylic acids is 1. The molecule has 0 radical (unpaired) electrons. The lowest BCUT2D eigenvalue weighted by Crippen LogP contribution is -2.25. The number of hydrogen-bond donors (Lipinski definition) is 2. The Morgan fingerprint density at radius 1 is 1.04 bits per heavy atom. The molecule has 2 rings (SSSR count). The molecule has 4 nitrogen and oxygen atoms in total. The average molecular weight is 326 g/mol. The first-order chi connectivity index (χ1) is 11.5. The van der Waals surface area contributed by atoms with Crippen LogP contribution in [0.2, 0.25) is 0 Å². The van der Waals surface area contributed by atoms with Crippen molar-refractivity contribution in [3.05, 3.63) is 70.8 Å². The van der Waals surface area contributed by atoms with Gasteiger partial charge in [-0.2, -0.15) is 0 Å². The van der Waals surface area contributed by atoms with E-state index in [2.05, 4.69) is 55.4 Å². The zero-order chi connectivity index (χ0) is 17.5. The van der Waals surface area contributed by atoms with Crippen molar-refractivity contribution < 1.29 is 9.90 Å². The molecule has 0 saturated heterocycles. The second kappa shape index (κ2) is 8.62. The van der Waals surface area contributed by atoms with Crippen LogP contribution in [-0.2, 0) is 19.6 Å². The fourth-order valence-corrected chi connectivity index (χ4v) is 2.42. The van der Waals surface area contributed by atoms with E-state index in [1.165, 1.54) is 11.1 Å². The topological polar surface area (TPSA) is 52.6 Å². The van der Waals surface area contributed by atoms with Gasteiger partial charge in [-0.05, 0) is 49.7 Å². The van der Waals surface area contributed by atoms with Crippen molar-refractivity contribution in [3.8, 4) is 0 Å². The molecule has 4 heteroatoms. The minimum atomic E-state index is -0.891. The van der Waals surface area contributed by atoms with Gasteiger partial charge in [-0.25, -0.2) is 4.79 Å². The average Bonchev–Trinajstić information content (AvgIpc) is 2.55. The first kappa shape index (κ1) is 18.2. The molecule has 0 aliphatic heterocycles. The third kappa shape index (κ3) is 5.48. The smallest absolute Gasteiger partial charge is 0.335 e. The van der Waals surface area contributed by atoms with E-state index in [9.17, 15) is 4.79 Å². The summed E-state index contributed by atoms with van der Waals surface area (Å²) in [5, 5.41) is 12.3. The van der Waals surface area contributed by atoms with Gasteiger partial charge in [0.05, 0.1) is 5.56 Å². The van der Waals surface area contributed by atoms with E-state index in [1.54, 1.807) is 12.1 Å². The van der Waals surface area contributed by atoms with Gasteiger partial charge in [0, 0.05) is 25.7 Å². The van der Waals surface area contributed by atoms with Crippen LogP contribution in [0.15, 0.2) is 48.5 Å². The van der Waals surface area contributed by atoms with Crippen molar-refractivity contribution in [2.45, 2.75) is 39.5 Å². The second-order valence-corrected chi connectivity index (χ2v) is 6.43. The van der Waals surface area contributed by atoms with Crippen LogP contribution in [0.25, 0.3) is 0 Å². The molecule has 0 spiro atoms. The van der Waals surface area contributed by atoms with Crippen molar-refractivity contribution in [3.63, 3.8) is 0 Å². The highest BCUT2D eigenvalue weighted by atomic mass is 16.4. The summed E-state index contributed by atoms with van der Waals surface area (Å²) in [5.41, 5.74) is 3.97. The predicted octanol–water partition coefficient (Wildman–Crippen LogP) is 3.51. The highest BCUT2D eigenvalue weighted by Gasteiger charge is 2.05. The number of nitrogens with one attached hydrogen (secondary N) is 1. The van der Waals surface area contributed by atoms with Gasteiger partial charge < -0.3 is 10.4 Å². The number of benzene rings is 2. The fourth-order valence-electron chi connectivity index (χ4n) is 2.42. The minimum absolute atomic E-state index is 0.320. The molecule has 128 valence electrons. The van der Waals surface area contributed by atoms with E-state index in [-0.39, 0.29) is 0 Å². The van der Waals surface area contributed by atoms with Crippen LogP contribution in [0.1, 0.15) is 40.9 Å². The van der Waals surface area contributed by atoms with Crippen molar-refractivity contribution in [2.75, 3.05) is 7.05 Å². The second-order valence-electron chi connectivity index (χ2n) is 6.43. The summed E-state index contributed by atoms with van der Waals surface area (Å²) in [6.45, 7) is 6.85. The Morgan fingerprint density at radius 3 is 2.29 bits per heavy atom. The van der Waals surface area contributed by atoms with Gasteiger partial charge in [0.15, 0.2) is 0 Å². The van der Waals surface area contributed by atoms with E-state index in [0.29, 0.717) is 11.6 Å². The molecule has 0 atom stereocenters. The molecule has 2 aromatic carbocycles. The number of aromatic carboxylic acids is 1. The van der Waals surface area contributed by atoms with Gasteiger partial charge in [0.2, 0.25) is 0 Å². The normalized spacial score (nSPS) is 11.2. The third-order valence-electron chi connectivity index (χ3n) is 4.16. The Kier molecular flexibility index (Phi) is 6.53. The van der Waals surface area contributed by atoms with Gasteiger partial charge in [0.1, 0.15) is 0 Å². The van der Waals surface area contributed by atoms with Crippen LogP contribution in [0.3, 0.4) is 0 Å². The number of carbonyl (C=O) groups is 1. The molecule has 2 aromatic rings. The maximum Gasteiger partial charge on any atom is 0.335 e. The molecule has 0 fully saturated rings. The maximum absolute atomic E-state index is 10.8. The van der Waals surface area contributed by atoms with Gasteiger partial charge in [0.25, 0.3) is 0 Å². The lowest BCUT2D eigenvalue weighted by Gasteiger charge is -2.21. The van der Waals surface area contributed by atoms with Gasteiger partial charge in [-0.1, -0.05) is 36.4 Å². The lowest BCUT2D eigenvalue weighted by molar-refractivity contribution is 0.0697. The van der Waals surface area contributed by atoms with Crippen molar-refractivity contribution >= 4 is 5.97 Å². The van der Waals surface area contributed by atoms with Crippen LogP contribution in [0, 0.1) is 0 Å². The summed E-state index contributed by atoms with van der Waals surface area (Å²) in [5.74, 6) is -0.891. The SMILES string of the molecule is CC(C)N(C)Cc1cccc(CNCc2ccc(C(=O)O)cc2)c1. The van der Waals surface area contributed by atoms with Crippen molar-refractivity contribution in [1.82, 2.24) is 10.2 Å². The van der Waals surface area contributed by atoms with Crippen LogP contribution in [0.4, 0.5) is 0 Å². The molecule has 24 heavy (non-hydrogen) atoms. The van der Waals surface area contributed by atoms with Crippen LogP contribution >= 0.6 is 0 Å². The third-order valence-corrected chi connectivity index (χ3v) is 4.16. The fraction of sp³-hybridized carbons (Fsp3) is 0.350. The molecule has 0 aliphatic carbocycles. The van der Waals surface area contributed by atoms with E-state index >= 15 is 0 Å². The zero-order valence-corrected chi connectivity index (χ0v) is 14.6. The molecule has 0 aromatic heterocycles. The largest absolute Gasteiger partial charge is 0.478 e. The Morgan fingerprint density at radius 2 is 1.67 bits per heavy atom. The monoisotopic (exact) mass is 326 g/mol. The summed E-state index contributed by atoms with van der Waals surface area (Å²) in [6.07, 6.45) is 0. The highest BCUT2D eigenvalue weighted by molar-refractivity contribution is 5.87. The first-order valence-electron chi connectivity index (χ1n) is 8.26. The molecule has 0 saturated carbocycles. The van der Waals surface area contributed by atoms with Crippen molar-refractivity contribution in [2.24, 2.45) is 0 Å². The van der Waals surface area contributed by atoms with Crippen LogP contribution in [-0.4, -0.2) is 29.1 Å². The Hall–Kier alpha value is -2.17. The highest BCUT2D eigenvalue weighted by Crippen LogP contribution is 2.10. The quantitative estimate of drug-likeness (QED) is 0.779. The molecule has 0 bridgehead atoms. The van der Waals surface area contributed by atoms with Gasteiger partial charge >= 0.3 is 5.97 Å². The molecular formula is C20H26N2O2.